The number of carboxylic acids is 1. The first kappa shape index (κ1) is 13.7. The minimum atomic E-state index is -1.05. The SMILES string of the molecule is CCN(CC(=O)O)C(=O)N(C)C(C)CO. The van der Waals surface area contributed by atoms with Gasteiger partial charge in [-0.3, -0.25) is 4.79 Å². The molecule has 0 aromatic heterocycles. The molecule has 0 bridgehead atoms. The number of rotatable bonds is 5. The van der Waals surface area contributed by atoms with Gasteiger partial charge >= 0.3 is 12.0 Å². The normalized spacial score (nSPS) is 12.0. The van der Waals surface area contributed by atoms with E-state index in [4.69, 9.17) is 10.2 Å². The maximum atomic E-state index is 11.7. The molecule has 0 aliphatic carbocycles. The van der Waals surface area contributed by atoms with E-state index in [9.17, 15) is 9.59 Å². The van der Waals surface area contributed by atoms with Crippen LogP contribution in [0.1, 0.15) is 13.8 Å². The predicted molar refractivity (Wildman–Crippen MR) is 54.6 cm³/mol. The van der Waals surface area contributed by atoms with E-state index in [-0.39, 0.29) is 25.2 Å². The maximum Gasteiger partial charge on any atom is 0.323 e. The highest BCUT2D eigenvalue weighted by atomic mass is 16.4. The average Bonchev–Trinajstić information content (AvgIpc) is 2.22. The molecule has 1 unspecified atom stereocenters. The van der Waals surface area contributed by atoms with Crippen molar-refractivity contribution in [3.05, 3.63) is 0 Å². The highest BCUT2D eigenvalue weighted by molar-refractivity contribution is 5.80. The predicted octanol–water partition coefficient (Wildman–Crippen LogP) is -0.175. The average molecular weight is 218 g/mol. The fourth-order valence-electron chi connectivity index (χ4n) is 1.01. The molecule has 6 nitrogen and oxygen atoms in total. The monoisotopic (exact) mass is 218 g/mol. The topological polar surface area (TPSA) is 81.1 Å². The van der Waals surface area contributed by atoms with Crippen LogP contribution in [-0.2, 0) is 4.79 Å². The van der Waals surface area contributed by atoms with Crippen molar-refractivity contribution in [2.75, 3.05) is 26.7 Å². The second-order valence-electron chi connectivity index (χ2n) is 3.33. The second-order valence-corrected chi connectivity index (χ2v) is 3.33. The Kier molecular flexibility index (Phi) is 5.69. The number of aliphatic hydroxyl groups is 1. The zero-order chi connectivity index (χ0) is 12.0. The largest absolute Gasteiger partial charge is 0.480 e. The molecule has 0 aromatic rings. The Bertz CT molecular complexity index is 232. The van der Waals surface area contributed by atoms with Gasteiger partial charge in [0, 0.05) is 13.6 Å². The summed E-state index contributed by atoms with van der Waals surface area (Å²) in [6.07, 6.45) is 0. The number of likely N-dealkylation sites (N-methyl/N-ethyl adjacent to an activating group) is 2. The molecule has 88 valence electrons. The Balaban J connectivity index is 4.43. The van der Waals surface area contributed by atoms with Crippen molar-refractivity contribution < 1.29 is 19.8 Å². The van der Waals surface area contributed by atoms with E-state index in [0.29, 0.717) is 6.54 Å². The van der Waals surface area contributed by atoms with E-state index >= 15 is 0 Å². The van der Waals surface area contributed by atoms with Gasteiger partial charge in [-0.2, -0.15) is 0 Å². The van der Waals surface area contributed by atoms with Gasteiger partial charge in [-0.25, -0.2) is 4.79 Å². The molecular formula is C9H18N2O4. The summed E-state index contributed by atoms with van der Waals surface area (Å²) < 4.78 is 0. The summed E-state index contributed by atoms with van der Waals surface area (Å²) in [5.74, 6) is -1.05. The van der Waals surface area contributed by atoms with Crippen molar-refractivity contribution in [1.82, 2.24) is 9.80 Å². The third-order valence-corrected chi connectivity index (χ3v) is 2.21. The molecule has 0 aliphatic rings. The van der Waals surface area contributed by atoms with Crippen LogP contribution in [-0.4, -0.2) is 64.8 Å². The molecule has 2 amide bonds. The minimum Gasteiger partial charge on any atom is -0.480 e. The van der Waals surface area contributed by atoms with E-state index in [0.717, 1.165) is 0 Å². The zero-order valence-corrected chi connectivity index (χ0v) is 9.30. The molecule has 6 heteroatoms. The van der Waals surface area contributed by atoms with Gasteiger partial charge in [-0.1, -0.05) is 0 Å². The summed E-state index contributed by atoms with van der Waals surface area (Å²) in [5.41, 5.74) is 0. The van der Waals surface area contributed by atoms with Crippen LogP contribution in [0.15, 0.2) is 0 Å². The molecule has 15 heavy (non-hydrogen) atoms. The molecule has 0 fully saturated rings. The van der Waals surface area contributed by atoms with Crippen LogP contribution in [0.5, 0.6) is 0 Å². The van der Waals surface area contributed by atoms with Crippen molar-refractivity contribution in [2.45, 2.75) is 19.9 Å². The number of carboxylic acid groups (broad SMARTS) is 1. The molecule has 0 saturated heterocycles. The Morgan fingerprint density at radius 1 is 1.40 bits per heavy atom. The van der Waals surface area contributed by atoms with Gasteiger partial charge in [-0.05, 0) is 13.8 Å². The maximum absolute atomic E-state index is 11.7. The summed E-state index contributed by atoms with van der Waals surface area (Å²) in [5, 5.41) is 17.4. The second kappa shape index (κ2) is 6.23. The lowest BCUT2D eigenvalue weighted by Gasteiger charge is -2.29. The standard InChI is InChI=1S/C9H18N2O4/c1-4-11(5-8(13)14)9(15)10(3)7(2)6-12/h7,12H,4-6H2,1-3H3,(H,13,14). The third kappa shape index (κ3) is 4.16. The number of aliphatic hydroxyl groups excluding tert-OH is 1. The Morgan fingerprint density at radius 2 is 1.93 bits per heavy atom. The summed E-state index contributed by atoms with van der Waals surface area (Å²) in [6, 6.07) is -0.707. The molecular weight excluding hydrogens is 200 g/mol. The van der Waals surface area contributed by atoms with Gasteiger partial charge in [-0.15, -0.1) is 0 Å². The number of carbonyl (C=O) groups is 2. The molecule has 0 radical (unpaired) electrons. The van der Waals surface area contributed by atoms with Crippen LogP contribution in [0.2, 0.25) is 0 Å². The molecule has 0 rings (SSSR count). The fraction of sp³-hybridized carbons (Fsp3) is 0.778. The highest BCUT2D eigenvalue weighted by Crippen LogP contribution is 2.01. The van der Waals surface area contributed by atoms with Crippen molar-refractivity contribution in [2.24, 2.45) is 0 Å². The van der Waals surface area contributed by atoms with Crippen molar-refractivity contribution in [3.63, 3.8) is 0 Å². The molecule has 0 heterocycles. The van der Waals surface area contributed by atoms with Gasteiger partial charge in [0.2, 0.25) is 0 Å². The van der Waals surface area contributed by atoms with E-state index in [2.05, 4.69) is 0 Å². The smallest absolute Gasteiger partial charge is 0.323 e. The number of hydrogen-bond acceptors (Lipinski definition) is 3. The number of aliphatic carboxylic acids is 1. The zero-order valence-electron chi connectivity index (χ0n) is 9.30. The van der Waals surface area contributed by atoms with Gasteiger partial charge in [0.25, 0.3) is 0 Å². The Labute approximate surface area is 89.1 Å². The van der Waals surface area contributed by atoms with Crippen molar-refractivity contribution in [3.8, 4) is 0 Å². The summed E-state index contributed by atoms with van der Waals surface area (Å²) >= 11 is 0. The van der Waals surface area contributed by atoms with Crippen LogP contribution in [0.3, 0.4) is 0 Å². The molecule has 0 aliphatic heterocycles. The first-order valence-electron chi connectivity index (χ1n) is 4.78. The lowest BCUT2D eigenvalue weighted by Crippen LogP contribution is -2.47. The quantitative estimate of drug-likeness (QED) is 0.671. The first-order chi connectivity index (χ1) is 6.93. The fourth-order valence-corrected chi connectivity index (χ4v) is 1.01. The van der Waals surface area contributed by atoms with Gasteiger partial charge in [0.1, 0.15) is 6.54 Å². The number of hydrogen-bond donors (Lipinski definition) is 2. The van der Waals surface area contributed by atoms with Crippen molar-refractivity contribution in [1.29, 1.82) is 0 Å². The van der Waals surface area contributed by atoms with Crippen LogP contribution in [0, 0.1) is 0 Å². The molecule has 2 N–H and O–H groups in total. The lowest BCUT2D eigenvalue weighted by molar-refractivity contribution is -0.137. The molecule has 0 saturated carbocycles. The summed E-state index contributed by atoms with van der Waals surface area (Å²) in [7, 11) is 1.54. The van der Waals surface area contributed by atoms with E-state index < -0.39 is 5.97 Å². The minimum absolute atomic E-state index is 0.146. The van der Waals surface area contributed by atoms with E-state index in [1.165, 1.54) is 16.8 Å². The first-order valence-corrected chi connectivity index (χ1v) is 4.78. The van der Waals surface area contributed by atoms with Crippen LogP contribution < -0.4 is 0 Å². The van der Waals surface area contributed by atoms with Gasteiger partial charge < -0.3 is 20.0 Å². The molecule has 0 aromatic carbocycles. The van der Waals surface area contributed by atoms with Gasteiger partial charge in [0.05, 0.1) is 12.6 Å². The highest BCUT2D eigenvalue weighted by Gasteiger charge is 2.21. The lowest BCUT2D eigenvalue weighted by atomic mass is 10.3. The van der Waals surface area contributed by atoms with Gasteiger partial charge in [0.15, 0.2) is 0 Å². The van der Waals surface area contributed by atoms with Crippen LogP contribution in [0.4, 0.5) is 4.79 Å². The number of carbonyl (C=O) groups excluding carboxylic acids is 1. The summed E-state index contributed by atoms with van der Waals surface area (Å²) in [4.78, 5) is 24.7. The molecule has 0 spiro atoms. The Hall–Kier alpha value is -1.30. The van der Waals surface area contributed by atoms with Crippen LogP contribution >= 0.6 is 0 Å². The van der Waals surface area contributed by atoms with E-state index in [1.807, 2.05) is 0 Å². The van der Waals surface area contributed by atoms with Crippen LogP contribution in [0.25, 0.3) is 0 Å². The number of amides is 2. The van der Waals surface area contributed by atoms with E-state index in [1.54, 1.807) is 13.8 Å². The number of nitrogens with zero attached hydrogens (tertiary/aromatic N) is 2. The Morgan fingerprint density at radius 3 is 2.27 bits per heavy atom. The molecule has 1 atom stereocenters. The number of urea groups is 1. The van der Waals surface area contributed by atoms with Crippen molar-refractivity contribution >= 4 is 12.0 Å². The summed E-state index contributed by atoms with van der Waals surface area (Å²) in [6.45, 7) is 3.25. The third-order valence-electron chi connectivity index (χ3n) is 2.21.